The average molecular weight is 332 g/mol. The summed E-state index contributed by atoms with van der Waals surface area (Å²) in [6.07, 6.45) is -0.351. The number of carbonyl (C=O) groups excluding carboxylic acids is 1. The first-order valence-electron chi connectivity index (χ1n) is 8.87. The topological polar surface area (TPSA) is 56.8 Å². The van der Waals surface area contributed by atoms with Crippen molar-refractivity contribution in [2.24, 2.45) is 0 Å². The Labute approximate surface area is 144 Å². The molecule has 0 spiro atoms. The van der Waals surface area contributed by atoms with E-state index in [0.29, 0.717) is 13.2 Å². The predicted octanol–water partition coefficient (Wildman–Crippen LogP) is 0.302. The standard InChI is InChI=1S/C18H28N4O2/c1-15(20-18(23)17-13-19-7-12-24-17)14-21-8-10-22(11-9-21)16-5-3-2-4-6-16/h2-6,15,17,19H,7-14H2,1H3,(H,20,23). The second kappa shape index (κ2) is 8.46. The van der Waals surface area contributed by atoms with Gasteiger partial charge in [-0.3, -0.25) is 9.69 Å². The number of para-hydroxylation sites is 1. The number of benzene rings is 1. The Balaban J connectivity index is 1.40. The van der Waals surface area contributed by atoms with Crippen LogP contribution in [0.5, 0.6) is 0 Å². The fraction of sp³-hybridized carbons (Fsp3) is 0.611. The average Bonchev–Trinajstić information content (AvgIpc) is 2.64. The summed E-state index contributed by atoms with van der Waals surface area (Å²) in [6.45, 7) is 9.09. The molecule has 1 aromatic rings. The van der Waals surface area contributed by atoms with Crippen molar-refractivity contribution in [3.05, 3.63) is 30.3 Å². The third-order valence-corrected chi connectivity index (χ3v) is 4.63. The van der Waals surface area contributed by atoms with Crippen LogP contribution in [0, 0.1) is 0 Å². The van der Waals surface area contributed by atoms with Gasteiger partial charge in [0.25, 0.3) is 5.91 Å². The van der Waals surface area contributed by atoms with Gasteiger partial charge in [-0.05, 0) is 19.1 Å². The second-order valence-corrected chi connectivity index (χ2v) is 6.60. The molecule has 0 aromatic heterocycles. The molecule has 2 atom stereocenters. The van der Waals surface area contributed by atoms with E-state index in [1.54, 1.807) is 0 Å². The Morgan fingerprint density at radius 2 is 2.04 bits per heavy atom. The summed E-state index contributed by atoms with van der Waals surface area (Å²) in [5.74, 6) is -0.00220. The number of ether oxygens (including phenoxy) is 1. The molecule has 0 bridgehead atoms. The summed E-state index contributed by atoms with van der Waals surface area (Å²) >= 11 is 0. The monoisotopic (exact) mass is 332 g/mol. The van der Waals surface area contributed by atoms with Crippen molar-refractivity contribution in [3.8, 4) is 0 Å². The number of carbonyl (C=O) groups is 1. The fourth-order valence-electron chi connectivity index (χ4n) is 3.33. The van der Waals surface area contributed by atoms with E-state index in [4.69, 9.17) is 4.74 Å². The Kier molecular flexibility index (Phi) is 6.07. The maximum atomic E-state index is 12.2. The lowest BCUT2D eigenvalue weighted by Gasteiger charge is -2.37. The van der Waals surface area contributed by atoms with E-state index in [0.717, 1.165) is 39.3 Å². The molecule has 0 aliphatic carbocycles. The first-order chi connectivity index (χ1) is 11.7. The molecule has 3 rings (SSSR count). The highest BCUT2D eigenvalue weighted by Crippen LogP contribution is 2.15. The van der Waals surface area contributed by atoms with Crippen molar-refractivity contribution < 1.29 is 9.53 Å². The second-order valence-electron chi connectivity index (χ2n) is 6.60. The minimum Gasteiger partial charge on any atom is -0.369 e. The molecule has 1 amide bonds. The Morgan fingerprint density at radius 3 is 2.71 bits per heavy atom. The Morgan fingerprint density at radius 1 is 1.29 bits per heavy atom. The van der Waals surface area contributed by atoms with Gasteiger partial charge in [0.05, 0.1) is 6.61 Å². The number of nitrogens with zero attached hydrogens (tertiary/aromatic N) is 2. The molecular formula is C18H28N4O2. The quantitative estimate of drug-likeness (QED) is 0.812. The summed E-state index contributed by atoms with van der Waals surface area (Å²) in [7, 11) is 0. The van der Waals surface area contributed by atoms with E-state index >= 15 is 0 Å². The summed E-state index contributed by atoms with van der Waals surface area (Å²) in [6, 6.07) is 10.7. The van der Waals surface area contributed by atoms with Gasteiger partial charge in [0, 0.05) is 57.5 Å². The van der Waals surface area contributed by atoms with E-state index in [-0.39, 0.29) is 18.1 Å². The van der Waals surface area contributed by atoms with Crippen LogP contribution in [0.1, 0.15) is 6.92 Å². The Hall–Kier alpha value is -1.63. The van der Waals surface area contributed by atoms with Crippen molar-refractivity contribution in [2.45, 2.75) is 19.1 Å². The van der Waals surface area contributed by atoms with Crippen LogP contribution in [0.4, 0.5) is 5.69 Å². The van der Waals surface area contributed by atoms with E-state index in [1.807, 2.05) is 0 Å². The van der Waals surface area contributed by atoms with Crippen LogP contribution in [0.2, 0.25) is 0 Å². The van der Waals surface area contributed by atoms with Gasteiger partial charge in [0.2, 0.25) is 0 Å². The fourth-order valence-corrected chi connectivity index (χ4v) is 3.33. The lowest BCUT2D eigenvalue weighted by molar-refractivity contribution is -0.135. The molecule has 132 valence electrons. The minimum absolute atomic E-state index is 0.00220. The molecule has 2 aliphatic heterocycles. The zero-order valence-corrected chi connectivity index (χ0v) is 14.4. The molecular weight excluding hydrogens is 304 g/mol. The normalized spacial score (nSPS) is 23.7. The molecule has 6 nitrogen and oxygen atoms in total. The van der Waals surface area contributed by atoms with Gasteiger partial charge in [-0.1, -0.05) is 18.2 Å². The maximum Gasteiger partial charge on any atom is 0.250 e. The van der Waals surface area contributed by atoms with Crippen LogP contribution in [0.25, 0.3) is 0 Å². The van der Waals surface area contributed by atoms with Crippen molar-refractivity contribution in [2.75, 3.05) is 57.3 Å². The van der Waals surface area contributed by atoms with E-state index in [1.165, 1.54) is 5.69 Å². The van der Waals surface area contributed by atoms with E-state index in [2.05, 4.69) is 57.7 Å². The molecule has 0 radical (unpaired) electrons. The van der Waals surface area contributed by atoms with Crippen LogP contribution in [-0.4, -0.2) is 75.4 Å². The number of anilines is 1. The number of rotatable bonds is 5. The molecule has 2 fully saturated rings. The molecule has 2 unspecified atom stereocenters. The number of nitrogens with one attached hydrogen (secondary N) is 2. The van der Waals surface area contributed by atoms with Crippen LogP contribution in [-0.2, 0) is 9.53 Å². The smallest absolute Gasteiger partial charge is 0.250 e. The van der Waals surface area contributed by atoms with Crippen LogP contribution >= 0.6 is 0 Å². The molecule has 2 saturated heterocycles. The largest absolute Gasteiger partial charge is 0.369 e. The zero-order chi connectivity index (χ0) is 16.8. The molecule has 1 aromatic carbocycles. The summed E-state index contributed by atoms with van der Waals surface area (Å²) in [5, 5.41) is 6.27. The molecule has 0 saturated carbocycles. The number of morpholine rings is 1. The van der Waals surface area contributed by atoms with Gasteiger partial charge in [-0.25, -0.2) is 0 Å². The summed E-state index contributed by atoms with van der Waals surface area (Å²) in [4.78, 5) is 17.0. The Bertz CT molecular complexity index is 511. The summed E-state index contributed by atoms with van der Waals surface area (Å²) < 4.78 is 5.50. The lowest BCUT2D eigenvalue weighted by Crippen LogP contribution is -2.54. The van der Waals surface area contributed by atoms with Crippen LogP contribution in [0.3, 0.4) is 0 Å². The third kappa shape index (κ3) is 4.69. The van der Waals surface area contributed by atoms with Crippen molar-refractivity contribution in [3.63, 3.8) is 0 Å². The number of hydrogen-bond donors (Lipinski definition) is 2. The first kappa shape index (κ1) is 17.2. The van der Waals surface area contributed by atoms with Crippen molar-refractivity contribution in [1.29, 1.82) is 0 Å². The van der Waals surface area contributed by atoms with Gasteiger partial charge in [-0.15, -0.1) is 0 Å². The van der Waals surface area contributed by atoms with Gasteiger partial charge in [0.15, 0.2) is 0 Å². The molecule has 24 heavy (non-hydrogen) atoms. The van der Waals surface area contributed by atoms with E-state index < -0.39 is 0 Å². The highest BCUT2D eigenvalue weighted by Gasteiger charge is 2.24. The van der Waals surface area contributed by atoms with Gasteiger partial charge < -0.3 is 20.3 Å². The maximum absolute atomic E-state index is 12.2. The first-order valence-corrected chi connectivity index (χ1v) is 8.87. The van der Waals surface area contributed by atoms with Gasteiger partial charge >= 0.3 is 0 Å². The lowest BCUT2D eigenvalue weighted by atomic mass is 10.2. The molecule has 2 aliphatic rings. The predicted molar refractivity (Wildman–Crippen MR) is 95.3 cm³/mol. The highest BCUT2D eigenvalue weighted by atomic mass is 16.5. The molecule has 2 heterocycles. The van der Waals surface area contributed by atoms with Crippen LogP contribution < -0.4 is 15.5 Å². The zero-order valence-electron chi connectivity index (χ0n) is 14.4. The number of amides is 1. The number of hydrogen-bond acceptors (Lipinski definition) is 5. The highest BCUT2D eigenvalue weighted by molar-refractivity contribution is 5.81. The van der Waals surface area contributed by atoms with Gasteiger partial charge in [-0.2, -0.15) is 0 Å². The number of piperazine rings is 1. The third-order valence-electron chi connectivity index (χ3n) is 4.63. The van der Waals surface area contributed by atoms with Crippen molar-refractivity contribution in [1.82, 2.24) is 15.5 Å². The SMILES string of the molecule is CC(CN1CCN(c2ccccc2)CC1)NC(=O)C1CNCCO1. The molecule has 6 heteroatoms. The van der Waals surface area contributed by atoms with Crippen LogP contribution in [0.15, 0.2) is 30.3 Å². The van der Waals surface area contributed by atoms with E-state index in [9.17, 15) is 4.79 Å². The summed E-state index contributed by atoms with van der Waals surface area (Å²) in [5.41, 5.74) is 1.29. The van der Waals surface area contributed by atoms with Gasteiger partial charge in [0.1, 0.15) is 6.10 Å². The van der Waals surface area contributed by atoms with Crippen molar-refractivity contribution >= 4 is 11.6 Å². The minimum atomic E-state index is -0.351. The molecule has 2 N–H and O–H groups in total.